The van der Waals surface area contributed by atoms with Gasteiger partial charge in [0.2, 0.25) is 10.0 Å². The molecule has 0 aliphatic carbocycles. The number of sulfonamides is 1. The summed E-state index contributed by atoms with van der Waals surface area (Å²) in [6.07, 6.45) is 4.23. The lowest BCUT2D eigenvalue weighted by molar-refractivity contribution is 0.436. The average molecular weight is 322 g/mol. The molecule has 1 aliphatic heterocycles. The van der Waals surface area contributed by atoms with E-state index in [9.17, 15) is 16.8 Å². The quantitative estimate of drug-likeness (QED) is 0.625. The first-order valence-corrected chi connectivity index (χ1v) is 9.27. The lowest BCUT2D eigenvalue weighted by Crippen LogP contribution is -2.34. The third kappa shape index (κ3) is 3.00. The molecule has 1 aliphatic rings. The maximum Gasteiger partial charge on any atom is 0.262 e. The molecule has 0 spiro atoms. The number of hydrogen-bond acceptors (Lipinski definition) is 4. The van der Waals surface area contributed by atoms with Crippen LogP contribution in [-0.4, -0.2) is 34.2 Å². The Labute approximate surface area is 117 Å². The van der Waals surface area contributed by atoms with E-state index in [4.69, 9.17) is 10.7 Å². The van der Waals surface area contributed by atoms with Crippen molar-refractivity contribution in [3.05, 3.63) is 36.4 Å². The van der Waals surface area contributed by atoms with Crippen molar-refractivity contribution in [2.24, 2.45) is 0 Å². The summed E-state index contributed by atoms with van der Waals surface area (Å²) < 4.78 is 49.0. The molecule has 0 amide bonds. The van der Waals surface area contributed by atoms with E-state index < -0.39 is 19.1 Å². The SMILES string of the molecule is O=S(=O)(Cl)c1ccccc1S(=O)(=O)N1CC=CCC1. The Morgan fingerprint density at radius 3 is 2.16 bits per heavy atom. The van der Waals surface area contributed by atoms with Crippen LogP contribution in [0, 0.1) is 0 Å². The van der Waals surface area contributed by atoms with Crippen LogP contribution in [0.2, 0.25) is 0 Å². The van der Waals surface area contributed by atoms with Gasteiger partial charge in [-0.05, 0) is 18.6 Å². The Morgan fingerprint density at radius 2 is 1.63 bits per heavy atom. The normalized spacial score (nSPS) is 17.5. The molecule has 1 aromatic rings. The molecule has 5 nitrogen and oxygen atoms in total. The van der Waals surface area contributed by atoms with Gasteiger partial charge < -0.3 is 0 Å². The van der Waals surface area contributed by atoms with Gasteiger partial charge in [0.05, 0.1) is 0 Å². The Balaban J connectivity index is 2.56. The minimum Gasteiger partial charge on any atom is -0.207 e. The lowest BCUT2D eigenvalue weighted by Gasteiger charge is -2.23. The smallest absolute Gasteiger partial charge is 0.207 e. The first kappa shape index (κ1) is 14.5. The molecule has 19 heavy (non-hydrogen) atoms. The highest BCUT2D eigenvalue weighted by molar-refractivity contribution is 8.14. The first-order chi connectivity index (χ1) is 8.83. The lowest BCUT2D eigenvalue weighted by atomic mass is 10.3. The molecule has 104 valence electrons. The van der Waals surface area contributed by atoms with Crippen LogP contribution in [-0.2, 0) is 19.1 Å². The van der Waals surface area contributed by atoms with Gasteiger partial charge in [-0.3, -0.25) is 0 Å². The second-order valence-electron chi connectivity index (χ2n) is 4.01. The number of nitrogens with zero attached hydrogens (tertiary/aromatic N) is 1. The summed E-state index contributed by atoms with van der Waals surface area (Å²) in [4.78, 5) is -0.661. The Kier molecular flexibility index (Phi) is 4.00. The fourth-order valence-corrected chi connectivity index (χ4v) is 5.06. The predicted octanol–water partition coefficient (Wildman–Crippen LogP) is 1.56. The summed E-state index contributed by atoms with van der Waals surface area (Å²) in [5, 5.41) is 0. The second kappa shape index (κ2) is 5.24. The molecule has 2 rings (SSSR count). The van der Waals surface area contributed by atoms with Crippen molar-refractivity contribution >= 4 is 29.8 Å². The molecule has 0 bridgehead atoms. The molecule has 0 fully saturated rings. The van der Waals surface area contributed by atoms with Crippen molar-refractivity contribution in [3.63, 3.8) is 0 Å². The van der Waals surface area contributed by atoms with Crippen LogP contribution < -0.4 is 0 Å². The van der Waals surface area contributed by atoms with Gasteiger partial charge in [-0.25, -0.2) is 16.8 Å². The molecular weight excluding hydrogens is 310 g/mol. The van der Waals surface area contributed by atoms with E-state index in [1.54, 1.807) is 6.08 Å². The molecule has 0 aromatic heterocycles. The van der Waals surface area contributed by atoms with Crippen LogP contribution in [0.25, 0.3) is 0 Å². The van der Waals surface area contributed by atoms with E-state index in [-0.39, 0.29) is 16.3 Å². The highest BCUT2D eigenvalue weighted by Gasteiger charge is 2.30. The van der Waals surface area contributed by atoms with Crippen molar-refractivity contribution in [1.82, 2.24) is 4.31 Å². The summed E-state index contributed by atoms with van der Waals surface area (Å²) in [6.45, 7) is 0.564. The third-order valence-electron chi connectivity index (χ3n) is 2.75. The van der Waals surface area contributed by atoms with Crippen LogP contribution >= 0.6 is 10.7 Å². The Bertz CT molecular complexity index is 710. The van der Waals surface area contributed by atoms with Gasteiger partial charge >= 0.3 is 0 Å². The summed E-state index contributed by atoms with van der Waals surface area (Å²) in [6, 6.07) is 5.35. The van der Waals surface area contributed by atoms with Crippen molar-refractivity contribution < 1.29 is 16.8 Å². The van der Waals surface area contributed by atoms with Gasteiger partial charge in [-0.1, -0.05) is 24.3 Å². The molecule has 0 atom stereocenters. The van der Waals surface area contributed by atoms with E-state index in [0.29, 0.717) is 13.0 Å². The maximum atomic E-state index is 12.4. The summed E-state index contributed by atoms with van der Waals surface area (Å²) in [5.41, 5.74) is 0. The van der Waals surface area contributed by atoms with Crippen molar-refractivity contribution in [2.75, 3.05) is 13.1 Å². The first-order valence-electron chi connectivity index (χ1n) is 5.52. The monoisotopic (exact) mass is 321 g/mol. The molecule has 0 N–H and O–H groups in total. The Morgan fingerprint density at radius 1 is 1.00 bits per heavy atom. The fraction of sp³-hybridized carbons (Fsp3) is 0.273. The minimum absolute atomic E-state index is 0.235. The molecule has 0 radical (unpaired) electrons. The summed E-state index contributed by atoms with van der Waals surface area (Å²) in [7, 11) is -2.68. The van der Waals surface area contributed by atoms with Crippen molar-refractivity contribution in [3.8, 4) is 0 Å². The van der Waals surface area contributed by atoms with E-state index in [1.807, 2.05) is 6.08 Å². The highest BCUT2D eigenvalue weighted by atomic mass is 35.7. The fourth-order valence-electron chi connectivity index (χ4n) is 1.84. The van der Waals surface area contributed by atoms with Crippen LogP contribution in [0.1, 0.15) is 6.42 Å². The largest absolute Gasteiger partial charge is 0.262 e. The zero-order valence-electron chi connectivity index (χ0n) is 9.86. The van der Waals surface area contributed by atoms with E-state index in [0.717, 1.165) is 0 Å². The number of rotatable bonds is 3. The highest BCUT2D eigenvalue weighted by Crippen LogP contribution is 2.27. The van der Waals surface area contributed by atoms with Crippen LogP contribution in [0.15, 0.2) is 46.2 Å². The van der Waals surface area contributed by atoms with Crippen molar-refractivity contribution in [1.29, 1.82) is 0 Å². The maximum absolute atomic E-state index is 12.4. The summed E-state index contributed by atoms with van der Waals surface area (Å²) >= 11 is 0. The molecular formula is C11H12ClNO4S2. The zero-order chi connectivity index (χ0) is 14.1. The van der Waals surface area contributed by atoms with Crippen molar-refractivity contribution in [2.45, 2.75) is 16.2 Å². The zero-order valence-corrected chi connectivity index (χ0v) is 12.2. The van der Waals surface area contributed by atoms with Gasteiger partial charge in [-0.15, -0.1) is 0 Å². The predicted molar refractivity (Wildman–Crippen MR) is 72.0 cm³/mol. The van der Waals surface area contributed by atoms with Gasteiger partial charge in [0.1, 0.15) is 9.79 Å². The molecule has 1 aromatic carbocycles. The second-order valence-corrected chi connectivity index (χ2v) is 8.45. The molecule has 1 heterocycles. The van der Waals surface area contributed by atoms with Gasteiger partial charge in [0.25, 0.3) is 9.05 Å². The Hall–Kier alpha value is -0.890. The number of halogens is 1. The van der Waals surface area contributed by atoms with Gasteiger partial charge in [-0.2, -0.15) is 4.31 Å². The standard InChI is InChI=1S/C11H12ClNO4S2/c12-18(14,15)10-6-2-3-7-11(10)19(16,17)13-8-4-1-5-9-13/h1-4,6-7H,5,8-9H2. The molecule has 8 heteroatoms. The van der Waals surface area contributed by atoms with E-state index >= 15 is 0 Å². The van der Waals surface area contributed by atoms with Gasteiger partial charge in [0, 0.05) is 23.8 Å². The van der Waals surface area contributed by atoms with Crippen LogP contribution in [0.3, 0.4) is 0 Å². The molecule has 0 unspecified atom stereocenters. The third-order valence-corrected chi connectivity index (χ3v) is 6.18. The molecule has 0 saturated carbocycles. The topological polar surface area (TPSA) is 71.5 Å². The number of hydrogen-bond donors (Lipinski definition) is 0. The number of benzene rings is 1. The average Bonchev–Trinajstić information content (AvgIpc) is 2.39. The van der Waals surface area contributed by atoms with Crippen LogP contribution in [0.4, 0.5) is 0 Å². The summed E-state index contributed by atoms with van der Waals surface area (Å²) in [5.74, 6) is 0. The molecule has 0 saturated heterocycles. The van der Waals surface area contributed by atoms with E-state index in [2.05, 4.69) is 0 Å². The van der Waals surface area contributed by atoms with E-state index in [1.165, 1.54) is 28.6 Å². The minimum atomic E-state index is -4.11. The van der Waals surface area contributed by atoms with Gasteiger partial charge in [0.15, 0.2) is 0 Å². The van der Waals surface area contributed by atoms with Crippen LogP contribution in [0.5, 0.6) is 0 Å².